The Bertz CT molecular complexity index is 779. The van der Waals surface area contributed by atoms with Crippen LogP contribution in [0.1, 0.15) is 6.92 Å². The molecular formula is C17H18Cl2N6. The normalized spacial score (nSPS) is 18.4. The van der Waals surface area contributed by atoms with E-state index in [1.807, 2.05) is 46.4 Å². The fourth-order valence-corrected chi connectivity index (χ4v) is 2.77. The minimum atomic E-state index is 0.158. The van der Waals surface area contributed by atoms with Crippen LogP contribution < -0.4 is 0 Å². The summed E-state index contributed by atoms with van der Waals surface area (Å²) in [4.78, 5) is 0. The van der Waals surface area contributed by atoms with Gasteiger partial charge in [-0.05, 0) is 31.2 Å². The average Bonchev–Trinajstić information content (AvgIpc) is 2.61. The molecule has 0 spiro atoms. The second kappa shape index (κ2) is 8.27. The molecule has 2 aromatic rings. The van der Waals surface area contributed by atoms with Gasteiger partial charge in [0, 0.05) is 0 Å². The highest BCUT2D eigenvalue weighted by Gasteiger charge is 2.22. The van der Waals surface area contributed by atoms with Crippen LogP contribution in [0.4, 0.5) is 11.4 Å². The molecule has 6 nitrogen and oxygen atoms in total. The summed E-state index contributed by atoms with van der Waals surface area (Å²) in [7, 11) is 0. The van der Waals surface area contributed by atoms with E-state index in [9.17, 15) is 0 Å². The van der Waals surface area contributed by atoms with Gasteiger partial charge in [0.05, 0.1) is 35.7 Å². The number of benzene rings is 2. The van der Waals surface area contributed by atoms with Gasteiger partial charge in [-0.3, -0.25) is 10.0 Å². The molecule has 1 heterocycles. The number of nitrogens with zero attached hydrogens (tertiary/aromatic N) is 6. The zero-order valence-corrected chi connectivity index (χ0v) is 15.3. The average molecular weight is 377 g/mol. The topological polar surface area (TPSA) is 55.9 Å². The molecule has 0 amide bonds. The standard InChI is InChI=1S/C17H18Cl2N6/c1-13-12-24(22-20-16-8-4-2-6-14(16)18)10-11-25(13)23-21-17-9-5-3-7-15(17)19/h2-9,13H,10-12H2,1H3. The van der Waals surface area contributed by atoms with Gasteiger partial charge in [-0.15, -0.1) is 10.2 Å². The molecule has 1 aliphatic heterocycles. The SMILES string of the molecule is CC1CN(N=Nc2ccccc2Cl)CCN1N=Nc1ccccc1Cl. The predicted molar refractivity (Wildman–Crippen MR) is 99.7 cm³/mol. The summed E-state index contributed by atoms with van der Waals surface area (Å²) in [6, 6.07) is 14.9. The first-order chi connectivity index (χ1) is 12.1. The first-order valence-electron chi connectivity index (χ1n) is 7.97. The van der Waals surface area contributed by atoms with Crippen LogP contribution >= 0.6 is 23.2 Å². The molecule has 0 aliphatic carbocycles. The third kappa shape index (κ3) is 4.67. The third-order valence-corrected chi connectivity index (χ3v) is 4.46. The van der Waals surface area contributed by atoms with Crippen molar-refractivity contribution < 1.29 is 0 Å². The summed E-state index contributed by atoms with van der Waals surface area (Å²) in [5, 5.41) is 22.1. The Balaban J connectivity index is 1.59. The highest BCUT2D eigenvalue weighted by Crippen LogP contribution is 2.26. The molecule has 1 unspecified atom stereocenters. The van der Waals surface area contributed by atoms with E-state index in [4.69, 9.17) is 23.2 Å². The van der Waals surface area contributed by atoms with Crippen LogP contribution in [0.3, 0.4) is 0 Å². The molecule has 1 saturated heterocycles. The summed E-state index contributed by atoms with van der Waals surface area (Å²) in [6.45, 7) is 4.19. The molecule has 8 heteroatoms. The van der Waals surface area contributed by atoms with Gasteiger partial charge >= 0.3 is 0 Å². The first-order valence-corrected chi connectivity index (χ1v) is 8.73. The molecule has 130 valence electrons. The molecule has 3 rings (SSSR count). The van der Waals surface area contributed by atoms with Crippen LogP contribution in [0.25, 0.3) is 0 Å². The number of halogens is 2. The van der Waals surface area contributed by atoms with E-state index in [1.165, 1.54) is 0 Å². The monoisotopic (exact) mass is 376 g/mol. The van der Waals surface area contributed by atoms with Gasteiger partial charge in [-0.1, -0.05) is 57.9 Å². The molecule has 0 aromatic heterocycles. The molecule has 1 atom stereocenters. The molecule has 0 bridgehead atoms. The maximum atomic E-state index is 6.10. The smallest absolute Gasteiger partial charge is 0.106 e. The molecule has 2 aromatic carbocycles. The molecule has 0 N–H and O–H groups in total. The molecule has 25 heavy (non-hydrogen) atoms. The van der Waals surface area contributed by atoms with Crippen LogP contribution in [0.5, 0.6) is 0 Å². The van der Waals surface area contributed by atoms with E-state index in [2.05, 4.69) is 27.6 Å². The highest BCUT2D eigenvalue weighted by atomic mass is 35.5. The zero-order chi connectivity index (χ0) is 17.6. The lowest BCUT2D eigenvalue weighted by molar-refractivity contribution is 0.0767. The Morgan fingerprint density at radius 1 is 0.840 bits per heavy atom. The lowest BCUT2D eigenvalue weighted by Gasteiger charge is -2.35. The lowest BCUT2D eigenvalue weighted by atomic mass is 10.2. The molecule has 0 saturated carbocycles. The minimum Gasteiger partial charge on any atom is -0.274 e. The lowest BCUT2D eigenvalue weighted by Crippen LogP contribution is -2.47. The van der Waals surface area contributed by atoms with Crippen molar-refractivity contribution in [3.05, 3.63) is 58.6 Å². The van der Waals surface area contributed by atoms with E-state index in [-0.39, 0.29) is 6.04 Å². The van der Waals surface area contributed by atoms with E-state index < -0.39 is 0 Å². The zero-order valence-electron chi connectivity index (χ0n) is 13.8. The minimum absolute atomic E-state index is 0.158. The molecule has 1 aliphatic rings. The summed E-state index contributed by atoms with van der Waals surface area (Å²) in [6.07, 6.45) is 0. The van der Waals surface area contributed by atoms with Gasteiger partial charge in [0.15, 0.2) is 0 Å². The largest absolute Gasteiger partial charge is 0.274 e. The van der Waals surface area contributed by atoms with Crippen molar-refractivity contribution in [3.8, 4) is 0 Å². The van der Waals surface area contributed by atoms with Crippen molar-refractivity contribution in [2.24, 2.45) is 20.7 Å². The Hall–Kier alpha value is -2.18. The first kappa shape index (κ1) is 17.6. The van der Waals surface area contributed by atoms with Crippen molar-refractivity contribution in [2.45, 2.75) is 13.0 Å². The van der Waals surface area contributed by atoms with E-state index >= 15 is 0 Å². The van der Waals surface area contributed by atoms with Crippen molar-refractivity contribution in [2.75, 3.05) is 19.6 Å². The van der Waals surface area contributed by atoms with Crippen LogP contribution in [-0.4, -0.2) is 35.7 Å². The number of rotatable bonds is 4. The number of hydrogen-bond donors (Lipinski definition) is 0. The Labute approximate surface area is 156 Å². The summed E-state index contributed by atoms with van der Waals surface area (Å²) in [5.74, 6) is 0. The maximum absolute atomic E-state index is 6.10. The summed E-state index contributed by atoms with van der Waals surface area (Å²) >= 11 is 12.2. The second-order valence-corrected chi connectivity index (χ2v) is 6.52. The maximum Gasteiger partial charge on any atom is 0.106 e. The van der Waals surface area contributed by atoms with Crippen LogP contribution in [0.15, 0.2) is 69.2 Å². The summed E-state index contributed by atoms with van der Waals surface area (Å²) < 4.78 is 0. The van der Waals surface area contributed by atoms with Crippen molar-refractivity contribution in [1.29, 1.82) is 0 Å². The third-order valence-electron chi connectivity index (χ3n) is 3.82. The second-order valence-electron chi connectivity index (χ2n) is 5.71. The van der Waals surface area contributed by atoms with Crippen molar-refractivity contribution in [1.82, 2.24) is 10.0 Å². The van der Waals surface area contributed by atoms with Crippen LogP contribution in [-0.2, 0) is 0 Å². The van der Waals surface area contributed by atoms with Crippen molar-refractivity contribution in [3.63, 3.8) is 0 Å². The number of hydrogen-bond acceptors (Lipinski definition) is 4. The number of piperazine rings is 1. The van der Waals surface area contributed by atoms with Gasteiger partial charge in [0.2, 0.25) is 0 Å². The Kier molecular flexibility index (Phi) is 5.83. The molecule has 1 fully saturated rings. The Morgan fingerprint density at radius 2 is 1.40 bits per heavy atom. The van der Waals surface area contributed by atoms with Gasteiger partial charge in [-0.25, -0.2) is 0 Å². The fourth-order valence-electron chi connectivity index (χ4n) is 2.43. The van der Waals surface area contributed by atoms with Gasteiger partial charge in [0.25, 0.3) is 0 Å². The van der Waals surface area contributed by atoms with E-state index in [1.54, 1.807) is 12.1 Å². The van der Waals surface area contributed by atoms with Gasteiger partial charge in [-0.2, -0.15) is 0 Å². The predicted octanol–water partition coefficient (Wildman–Crippen LogP) is 5.70. The van der Waals surface area contributed by atoms with E-state index in [0.717, 1.165) is 0 Å². The fraction of sp³-hybridized carbons (Fsp3) is 0.294. The highest BCUT2D eigenvalue weighted by molar-refractivity contribution is 6.33. The Morgan fingerprint density at radius 3 is 1.96 bits per heavy atom. The molecular weight excluding hydrogens is 359 g/mol. The van der Waals surface area contributed by atoms with Crippen LogP contribution in [0, 0.1) is 0 Å². The van der Waals surface area contributed by atoms with Gasteiger partial charge in [0.1, 0.15) is 11.4 Å². The van der Waals surface area contributed by atoms with Gasteiger partial charge < -0.3 is 0 Å². The van der Waals surface area contributed by atoms with Crippen molar-refractivity contribution >= 4 is 34.6 Å². The van der Waals surface area contributed by atoms with Crippen LogP contribution in [0.2, 0.25) is 10.0 Å². The van der Waals surface area contributed by atoms with E-state index in [0.29, 0.717) is 41.1 Å². The quantitative estimate of drug-likeness (QED) is 0.642. The summed E-state index contributed by atoms with van der Waals surface area (Å²) in [5.41, 5.74) is 1.33. The molecule has 0 radical (unpaired) electrons.